The molecule has 0 saturated carbocycles. The number of anilines is 1. The number of amides is 1. The zero-order chi connectivity index (χ0) is 21.9. The van der Waals surface area contributed by atoms with E-state index in [4.69, 9.17) is 14.0 Å². The zero-order valence-electron chi connectivity index (χ0n) is 17.6. The molecule has 0 aliphatic heterocycles. The number of hydrogen-bond acceptors (Lipinski definition) is 6. The Balaban J connectivity index is 2.11. The van der Waals surface area contributed by atoms with Crippen molar-refractivity contribution in [3.05, 3.63) is 60.0 Å². The van der Waals surface area contributed by atoms with E-state index in [1.165, 1.54) is 24.1 Å². The number of ether oxygens (including phenoxy) is 2. The maximum Gasteiger partial charge on any atom is 0.415 e. The van der Waals surface area contributed by atoms with E-state index < -0.39 is 17.5 Å². The Kier molecular flexibility index (Phi) is 6.05. The molecule has 2 heterocycles. The van der Waals surface area contributed by atoms with Gasteiger partial charge in [0.1, 0.15) is 28.6 Å². The van der Waals surface area contributed by atoms with E-state index >= 15 is 0 Å². The van der Waals surface area contributed by atoms with Crippen molar-refractivity contribution >= 4 is 11.8 Å². The molecule has 1 amide bonds. The van der Waals surface area contributed by atoms with Crippen LogP contribution in [0, 0.1) is 12.7 Å². The standard InChI is InChI=1S/C22H24FN3O4/c1-14-10-16(25-30-14)13-26(21(27)29-22(2,3)4)19-12-24-9-8-17(19)18-7-6-15(23)11-20(18)28-5/h6-12H,13H2,1-5H3. The van der Waals surface area contributed by atoms with Gasteiger partial charge in [-0.05, 0) is 45.9 Å². The number of hydrogen-bond donors (Lipinski definition) is 0. The second-order valence-corrected chi connectivity index (χ2v) is 7.73. The molecule has 0 saturated heterocycles. The second-order valence-electron chi connectivity index (χ2n) is 7.73. The van der Waals surface area contributed by atoms with Crippen molar-refractivity contribution in [1.82, 2.24) is 10.1 Å². The average molecular weight is 413 g/mol. The molecule has 0 aliphatic rings. The summed E-state index contributed by atoms with van der Waals surface area (Å²) in [4.78, 5) is 18.7. The average Bonchev–Trinajstić information content (AvgIpc) is 3.09. The first kappa shape index (κ1) is 21.3. The molecule has 0 fully saturated rings. The number of methoxy groups -OCH3 is 1. The molecule has 30 heavy (non-hydrogen) atoms. The predicted molar refractivity (Wildman–Crippen MR) is 110 cm³/mol. The minimum Gasteiger partial charge on any atom is -0.496 e. The van der Waals surface area contributed by atoms with Crippen molar-refractivity contribution < 1.29 is 23.2 Å². The van der Waals surface area contributed by atoms with Crippen LogP contribution >= 0.6 is 0 Å². The zero-order valence-corrected chi connectivity index (χ0v) is 17.6. The maximum atomic E-state index is 13.7. The predicted octanol–water partition coefficient (Wildman–Crippen LogP) is 5.13. The third-order valence-corrected chi connectivity index (χ3v) is 4.16. The van der Waals surface area contributed by atoms with Crippen molar-refractivity contribution in [2.75, 3.05) is 12.0 Å². The molecule has 158 valence electrons. The van der Waals surface area contributed by atoms with Gasteiger partial charge in [-0.25, -0.2) is 9.18 Å². The fraction of sp³-hybridized carbons (Fsp3) is 0.318. The fourth-order valence-electron chi connectivity index (χ4n) is 2.94. The van der Waals surface area contributed by atoms with Crippen molar-refractivity contribution in [2.45, 2.75) is 39.8 Å². The third-order valence-electron chi connectivity index (χ3n) is 4.16. The molecule has 0 atom stereocenters. The van der Waals surface area contributed by atoms with Crippen LogP contribution in [0.2, 0.25) is 0 Å². The van der Waals surface area contributed by atoms with Crippen LogP contribution in [0.1, 0.15) is 32.2 Å². The molecule has 2 aromatic heterocycles. The molecule has 3 aromatic rings. The summed E-state index contributed by atoms with van der Waals surface area (Å²) in [6, 6.07) is 7.70. The van der Waals surface area contributed by atoms with Crippen LogP contribution in [0.15, 0.2) is 47.2 Å². The van der Waals surface area contributed by atoms with Crippen LogP contribution in [0.25, 0.3) is 11.1 Å². The molecule has 7 nitrogen and oxygen atoms in total. The number of carbonyl (C=O) groups is 1. The lowest BCUT2D eigenvalue weighted by atomic mass is 10.0. The van der Waals surface area contributed by atoms with Crippen molar-refractivity contribution in [2.24, 2.45) is 0 Å². The lowest BCUT2D eigenvalue weighted by Crippen LogP contribution is -2.37. The minimum absolute atomic E-state index is 0.106. The fourth-order valence-corrected chi connectivity index (χ4v) is 2.94. The van der Waals surface area contributed by atoms with E-state index in [-0.39, 0.29) is 6.54 Å². The van der Waals surface area contributed by atoms with Crippen LogP contribution in [0.4, 0.5) is 14.9 Å². The molecular formula is C22H24FN3O4. The highest BCUT2D eigenvalue weighted by Gasteiger charge is 2.27. The first-order chi connectivity index (χ1) is 14.2. The summed E-state index contributed by atoms with van der Waals surface area (Å²) in [5.41, 5.74) is 1.57. The van der Waals surface area contributed by atoms with E-state index in [0.29, 0.717) is 34.0 Å². The summed E-state index contributed by atoms with van der Waals surface area (Å²) in [7, 11) is 1.46. The Labute approximate surface area is 174 Å². The number of rotatable bonds is 5. The molecule has 0 spiro atoms. The molecule has 0 aliphatic carbocycles. The summed E-state index contributed by atoms with van der Waals surface area (Å²) in [5, 5.41) is 3.99. The summed E-state index contributed by atoms with van der Waals surface area (Å²) in [6.07, 6.45) is 2.57. The smallest absolute Gasteiger partial charge is 0.415 e. The number of aryl methyl sites for hydroxylation is 1. The van der Waals surface area contributed by atoms with Gasteiger partial charge in [-0.3, -0.25) is 9.88 Å². The van der Waals surface area contributed by atoms with Gasteiger partial charge in [-0.15, -0.1) is 0 Å². The molecule has 0 unspecified atom stereocenters. The Morgan fingerprint density at radius 2 is 1.97 bits per heavy atom. The summed E-state index contributed by atoms with van der Waals surface area (Å²) in [6.45, 7) is 7.24. The van der Waals surface area contributed by atoms with E-state index in [0.717, 1.165) is 0 Å². The largest absolute Gasteiger partial charge is 0.496 e. The van der Waals surface area contributed by atoms with Gasteiger partial charge in [0.05, 0.1) is 25.5 Å². The second kappa shape index (κ2) is 8.52. The summed E-state index contributed by atoms with van der Waals surface area (Å²) >= 11 is 0. The molecular weight excluding hydrogens is 389 g/mol. The lowest BCUT2D eigenvalue weighted by molar-refractivity contribution is 0.0577. The molecule has 3 rings (SSSR count). The number of aromatic nitrogens is 2. The Morgan fingerprint density at radius 1 is 1.20 bits per heavy atom. The highest BCUT2D eigenvalue weighted by molar-refractivity contribution is 5.94. The van der Waals surface area contributed by atoms with Gasteiger partial charge >= 0.3 is 6.09 Å². The molecule has 8 heteroatoms. The number of benzene rings is 1. The van der Waals surface area contributed by atoms with Gasteiger partial charge in [0.2, 0.25) is 0 Å². The summed E-state index contributed by atoms with van der Waals surface area (Å²) < 4.78 is 29.8. The number of pyridine rings is 1. The van der Waals surface area contributed by atoms with Gasteiger partial charge in [0.25, 0.3) is 0 Å². The quantitative estimate of drug-likeness (QED) is 0.577. The van der Waals surface area contributed by atoms with E-state index in [1.807, 2.05) is 0 Å². The summed E-state index contributed by atoms with van der Waals surface area (Å²) in [5.74, 6) is 0.540. The monoisotopic (exact) mass is 413 g/mol. The third kappa shape index (κ3) is 4.94. The molecule has 1 aromatic carbocycles. The van der Waals surface area contributed by atoms with Gasteiger partial charge in [0, 0.05) is 29.5 Å². The highest BCUT2D eigenvalue weighted by Crippen LogP contribution is 2.37. The minimum atomic E-state index is -0.703. The lowest BCUT2D eigenvalue weighted by Gasteiger charge is -2.28. The molecule has 0 N–H and O–H groups in total. The van der Waals surface area contributed by atoms with Crippen molar-refractivity contribution in [3.8, 4) is 16.9 Å². The van der Waals surface area contributed by atoms with Gasteiger partial charge in [-0.1, -0.05) is 5.16 Å². The SMILES string of the molecule is COc1cc(F)ccc1-c1ccncc1N(Cc1cc(C)on1)C(=O)OC(C)(C)C. The van der Waals surface area contributed by atoms with Gasteiger partial charge < -0.3 is 14.0 Å². The number of nitrogens with zero attached hydrogens (tertiary/aromatic N) is 3. The first-order valence-electron chi connectivity index (χ1n) is 9.38. The van der Waals surface area contributed by atoms with Crippen LogP contribution < -0.4 is 9.64 Å². The van der Waals surface area contributed by atoms with Gasteiger partial charge in [0.15, 0.2) is 0 Å². The topological polar surface area (TPSA) is 77.7 Å². The van der Waals surface area contributed by atoms with E-state index in [9.17, 15) is 9.18 Å². The molecule has 0 radical (unpaired) electrons. The van der Waals surface area contributed by atoms with Crippen LogP contribution in [-0.4, -0.2) is 28.9 Å². The number of halogens is 1. The molecule has 0 bridgehead atoms. The number of carbonyl (C=O) groups excluding carboxylic acids is 1. The van der Waals surface area contributed by atoms with E-state index in [1.54, 1.807) is 58.3 Å². The van der Waals surface area contributed by atoms with Gasteiger partial charge in [-0.2, -0.15) is 0 Å². The Bertz CT molecular complexity index is 1040. The Hall–Kier alpha value is -3.42. The van der Waals surface area contributed by atoms with Crippen molar-refractivity contribution in [3.63, 3.8) is 0 Å². The van der Waals surface area contributed by atoms with E-state index in [2.05, 4.69) is 10.1 Å². The van der Waals surface area contributed by atoms with Crippen LogP contribution in [-0.2, 0) is 11.3 Å². The van der Waals surface area contributed by atoms with Crippen LogP contribution in [0.5, 0.6) is 5.75 Å². The highest BCUT2D eigenvalue weighted by atomic mass is 19.1. The maximum absolute atomic E-state index is 13.7. The van der Waals surface area contributed by atoms with Crippen LogP contribution in [0.3, 0.4) is 0 Å². The normalized spacial score (nSPS) is 11.3. The van der Waals surface area contributed by atoms with Crippen molar-refractivity contribution in [1.29, 1.82) is 0 Å². The Morgan fingerprint density at radius 3 is 2.60 bits per heavy atom. The first-order valence-corrected chi connectivity index (χ1v) is 9.38.